The van der Waals surface area contributed by atoms with Gasteiger partial charge in [-0.2, -0.15) is 0 Å². The molecule has 2 nitrogen and oxygen atoms in total. The van der Waals surface area contributed by atoms with Gasteiger partial charge >= 0.3 is 0 Å². The van der Waals surface area contributed by atoms with E-state index in [1.54, 1.807) is 13.8 Å². The minimum Gasteiger partial charge on any atom is -0.475 e. The van der Waals surface area contributed by atoms with E-state index >= 15 is 0 Å². The summed E-state index contributed by atoms with van der Waals surface area (Å²) in [5, 5.41) is 0. The molecule has 0 aromatic heterocycles. The van der Waals surface area contributed by atoms with Crippen molar-refractivity contribution in [2.45, 2.75) is 19.4 Å². The first kappa shape index (κ1) is 12.4. The largest absolute Gasteiger partial charge is 0.475 e. The van der Waals surface area contributed by atoms with Gasteiger partial charge in [0.15, 0.2) is 17.5 Å². The van der Waals surface area contributed by atoms with Crippen LogP contribution >= 0.6 is 15.9 Å². The lowest BCUT2D eigenvalue weighted by Crippen LogP contribution is -2.17. The van der Waals surface area contributed by atoms with Crippen LogP contribution in [0.5, 0.6) is 0 Å². The van der Waals surface area contributed by atoms with Gasteiger partial charge in [0.25, 0.3) is 0 Å². The molecule has 1 aliphatic heterocycles. The molecule has 0 spiro atoms. The highest BCUT2D eigenvalue weighted by Crippen LogP contribution is 2.28. The van der Waals surface area contributed by atoms with E-state index in [4.69, 9.17) is 4.74 Å². The summed E-state index contributed by atoms with van der Waals surface area (Å²) >= 11 is 2.66. The number of rotatable bonds is 1. The third-order valence-electron chi connectivity index (χ3n) is 2.30. The summed E-state index contributed by atoms with van der Waals surface area (Å²) in [5.74, 6) is -3.33. The molecule has 2 rings (SSSR count). The smallest absolute Gasteiger partial charge is 0.219 e. The second-order valence-corrected chi connectivity index (χ2v) is 5.16. The van der Waals surface area contributed by atoms with Gasteiger partial charge in [-0.25, -0.2) is 18.2 Å². The summed E-state index contributed by atoms with van der Waals surface area (Å²) < 4.78 is 44.6. The second-order valence-electron chi connectivity index (χ2n) is 4.37. The lowest BCUT2D eigenvalue weighted by Gasteiger charge is -2.07. The number of aliphatic imine (C=N–C) groups is 1. The average Bonchev–Trinajstić information content (AvgIpc) is 2.61. The van der Waals surface area contributed by atoms with Crippen molar-refractivity contribution in [3.63, 3.8) is 0 Å². The van der Waals surface area contributed by atoms with Crippen molar-refractivity contribution in [1.82, 2.24) is 0 Å². The molecule has 0 atom stereocenters. The molecule has 1 heterocycles. The van der Waals surface area contributed by atoms with E-state index in [2.05, 4.69) is 20.9 Å². The molecule has 0 unspecified atom stereocenters. The van der Waals surface area contributed by atoms with Crippen LogP contribution in [0.15, 0.2) is 15.5 Å². The number of halogens is 4. The van der Waals surface area contributed by atoms with Crippen LogP contribution in [0.2, 0.25) is 0 Å². The SMILES string of the molecule is CC1(C)COC(c2cc(F)c(F)c(Br)c2F)=N1. The standard InChI is InChI=1S/C11H9BrF3NO/c1-11(2)4-17-10(16-11)5-3-6(13)9(15)7(12)8(5)14/h3H,4H2,1-2H3. The van der Waals surface area contributed by atoms with Crippen LogP contribution < -0.4 is 0 Å². The van der Waals surface area contributed by atoms with Crippen LogP contribution in [-0.4, -0.2) is 18.0 Å². The van der Waals surface area contributed by atoms with Gasteiger partial charge in [-0.1, -0.05) is 0 Å². The van der Waals surface area contributed by atoms with Crippen molar-refractivity contribution in [2.24, 2.45) is 4.99 Å². The van der Waals surface area contributed by atoms with Gasteiger partial charge < -0.3 is 4.74 Å². The predicted octanol–water partition coefficient (Wildman–Crippen LogP) is 3.42. The van der Waals surface area contributed by atoms with E-state index in [0.29, 0.717) is 0 Å². The van der Waals surface area contributed by atoms with Crippen LogP contribution in [0.25, 0.3) is 0 Å². The van der Waals surface area contributed by atoms with Crippen LogP contribution in [0, 0.1) is 17.5 Å². The van der Waals surface area contributed by atoms with Crippen molar-refractivity contribution < 1.29 is 17.9 Å². The fourth-order valence-corrected chi connectivity index (χ4v) is 1.85. The molecule has 0 fully saturated rings. The zero-order chi connectivity index (χ0) is 12.8. The minimum absolute atomic E-state index is 0.00731. The summed E-state index contributed by atoms with van der Waals surface area (Å²) in [5.41, 5.74) is -0.666. The van der Waals surface area contributed by atoms with Crippen molar-refractivity contribution in [3.05, 3.63) is 33.6 Å². The van der Waals surface area contributed by atoms with Gasteiger partial charge in [0, 0.05) is 0 Å². The maximum atomic E-state index is 13.7. The van der Waals surface area contributed by atoms with Gasteiger partial charge in [0.2, 0.25) is 5.90 Å². The summed E-state index contributed by atoms with van der Waals surface area (Å²) in [7, 11) is 0. The first-order chi connectivity index (χ1) is 7.82. The zero-order valence-corrected chi connectivity index (χ0v) is 10.7. The van der Waals surface area contributed by atoms with Crippen molar-refractivity contribution in [2.75, 3.05) is 6.61 Å². The van der Waals surface area contributed by atoms with Crippen molar-refractivity contribution >= 4 is 21.8 Å². The highest BCUT2D eigenvalue weighted by Gasteiger charge is 2.30. The minimum atomic E-state index is -1.26. The molecule has 0 radical (unpaired) electrons. The Hall–Kier alpha value is -1.04. The molecule has 6 heteroatoms. The van der Waals surface area contributed by atoms with Gasteiger partial charge in [-0.15, -0.1) is 0 Å². The summed E-state index contributed by atoms with van der Waals surface area (Å²) in [6.45, 7) is 3.87. The molecule has 17 heavy (non-hydrogen) atoms. The lowest BCUT2D eigenvalue weighted by atomic mass is 10.1. The lowest BCUT2D eigenvalue weighted by molar-refractivity contribution is 0.278. The van der Waals surface area contributed by atoms with Gasteiger partial charge in [0.1, 0.15) is 6.61 Å². The van der Waals surface area contributed by atoms with E-state index in [1.807, 2.05) is 0 Å². The van der Waals surface area contributed by atoms with E-state index in [0.717, 1.165) is 6.07 Å². The quantitative estimate of drug-likeness (QED) is 0.575. The zero-order valence-electron chi connectivity index (χ0n) is 9.15. The third-order valence-corrected chi connectivity index (χ3v) is 3.00. The molecular formula is C11H9BrF3NO. The van der Waals surface area contributed by atoms with Crippen LogP contribution in [-0.2, 0) is 4.74 Å². The topological polar surface area (TPSA) is 21.6 Å². The maximum absolute atomic E-state index is 13.7. The van der Waals surface area contributed by atoms with Gasteiger partial charge in [-0.05, 0) is 35.8 Å². The Bertz CT molecular complexity index is 514. The summed E-state index contributed by atoms with van der Waals surface area (Å²) in [6, 6.07) is 0.746. The number of hydrogen-bond acceptors (Lipinski definition) is 2. The molecule has 0 bridgehead atoms. The maximum Gasteiger partial charge on any atom is 0.219 e. The number of benzene rings is 1. The fourth-order valence-electron chi connectivity index (χ4n) is 1.45. The molecular weight excluding hydrogens is 299 g/mol. The summed E-state index contributed by atoms with van der Waals surface area (Å²) in [4.78, 5) is 4.11. The first-order valence-corrected chi connectivity index (χ1v) is 5.67. The summed E-state index contributed by atoms with van der Waals surface area (Å²) in [6.07, 6.45) is 0. The molecule has 1 aromatic rings. The molecule has 0 amide bonds. The Balaban J connectivity index is 2.55. The van der Waals surface area contributed by atoms with Crippen LogP contribution in [0.1, 0.15) is 19.4 Å². The van der Waals surface area contributed by atoms with E-state index < -0.39 is 27.5 Å². The van der Waals surface area contributed by atoms with Gasteiger partial charge in [0.05, 0.1) is 15.6 Å². The van der Waals surface area contributed by atoms with Gasteiger partial charge in [-0.3, -0.25) is 0 Å². The third kappa shape index (κ3) is 2.18. The molecule has 1 aromatic carbocycles. The number of hydrogen-bond donors (Lipinski definition) is 0. The number of ether oxygens (including phenoxy) is 1. The molecule has 0 saturated heterocycles. The monoisotopic (exact) mass is 307 g/mol. The Kier molecular flexibility index (Phi) is 2.93. The highest BCUT2D eigenvalue weighted by atomic mass is 79.9. The molecule has 0 N–H and O–H groups in total. The highest BCUT2D eigenvalue weighted by molar-refractivity contribution is 9.10. The fraction of sp³-hybridized carbons (Fsp3) is 0.364. The molecule has 0 saturated carbocycles. The van der Waals surface area contributed by atoms with Crippen LogP contribution in [0.4, 0.5) is 13.2 Å². The Morgan fingerprint density at radius 3 is 2.47 bits per heavy atom. The number of nitrogens with zero attached hydrogens (tertiary/aromatic N) is 1. The Morgan fingerprint density at radius 2 is 1.94 bits per heavy atom. The van der Waals surface area contributed by atoms with E-state index in [1.165, 1.54) is 0 Å². The van der Waals surface area contributed by atoms with Crippen LogP contribution in [0.3, 0.4) is 0 Å². The average molecular weight is 308 g/mol. The molecule has 0 aliphatic carbocycles. The first-order valence-electron chi connectivity index (χ1n) is 4.88. The van der Waals surface area contributed by atoms with E-state index in [-0.39, 0.29) is 18.1 Å². The van der Waals surface area contributed by atoms with E-state index in [9.17, 15) is 13.2 Å². The molecule has 92 valence electrons. The van der Waals surface area contributed by atoms with Crippen molar-refractivity contribution in [1.29, 1.82) is 0 Å². The molecule has 1 aliphatic rings. The Labute approximate surface area is 105 Å². The predicted molar refractivity (Wildman–Crippen MR) is 60.6 cm³/mol. The Morgan fingerprint density at radius 1 is 1.29 bits per heavy atom. The second kappa shape index (κ2) is 4.01. The normalized spacial score (nSPS) is 17.9. The van der Waals surface area contributed by atoms with Crippen molar-refractivity contribution in [3.8, 4) is 0 Å².